The number of rotatable bonds is 3. The van der Waals surface area contributed by atoms with Crippen LogP contribution in [0.1, 0.15) is 44.4 Å². The van der Waals surface area contributed by atoms with Crippen LogP contribution in [0.15, 0.2) is 24.3 Å². The SMILES string of the molecule is Cc1ccccc1C(C(C)N)N1CCSC(C)(C)CC1. The van der Waals surface area contributed by atoms with E-state index in [1.165, 1.54) is 23.3 Å². The highest BCUT2D eigenvalue weighted by Gasteiger charge is 2.30. The molecule has 0 saturated carbocycles. The van der Waals surface area contributed by atoms with E-state index in [4.69, 9.17) is 5.73 Å². The standard InChI is InChI=1S/C17H28N2S/c1-13-7-5-6-8-15(13)16(14(2)18)19-10-9-17(3,4)20-12-11-19/h5-8,14,16H,9-12,18H2,1-4H3. The van der Waals surface area contributed by atoms with Crippen LogP contribution >= 0.6 is 11.8 Å². The van der Waals surface area contributed by atoms with Crippen molar-refractivity contribution in [2.75, 3.05) is 18.8 Å². The third kappa shape index (κ3) is 3.78. The summed E-state index contributed by atoms with van der Waals surface area (Å²) in [5.41, 5.74) is 9.09. The first-order valence-electron chi connectivity index (χ1n) is 7.60. The molecule has 112 valence electrons. The van der Waals surface area contributed by atoms with E-state index in [9.17, 15) is 0 Å². The Morgan fingerprint density at radius 3 is 2.60 bits per heavy atom. The number of thioether (sulfide) groups is 1. The number of nitrogens with two attached hydrogens (primary N) is 1. The molecule has 1 fully saturated rings. The number of nitrogens with zero attached hydrogens (tertiary/aromatic N) is 1. The van der Waals surface area contributed by atoms with Crippen LogP contribution in [-0.2, 0) is 0 Å². The highest BCUT2D eigenvalue weighted by Crippen LogP contribution is 2.35. The van der Waals surface area contributed by atoms with Crippen molar-refractivity contribution in [3.05, 3.63) is 35.4 Å². The topological polar surface area (TPSA) is 29.3 Å². The van der Waals surface area contributed by atoms with Crippen molar-refractivity contribution < 1.29 is 0 Å². The molecule has 1 heterocycles. The van der Waals surface area contributed by atoms with Gasteiger partial charge in [0.1, 0.15) is 0 Å². The summed E-state index contributed by atoms with van der Waals surface area (Å²) < 4.78 is 0.392. The molecule has 1 aromatic rings. The van der Waals surface area contributed by atoms with Gasteiger partial charge in [-0.3, -0.25) is 4.90 Å². The van der Waals surface area contributed by atoms with Crippen molar-refractivity contribution in [1.82, 2.24) is 4.90 Å². The third-order valence-electron chi connectivity index (χ3n) is 4.27. The van der Waals surface area contributed by atoms with E-state index < -0.39 is 0 Å². The lowest BCUT2D eigenvalue weighted by Crippen LogP contribution is -2.41. The van der Waals surface area contributed by atoms with Crippen molar-refractivity contribution >= 4 is 11.8 Å². The lowest BCUT2D eigenvalue weighted by molar-refractivity contribution is 0.184. The summed E-state index contributed by atoms with van der Waals surface area (Å²) in [4.78, 5) is 2.59. The van der Waals surface area contributed by atoms with E-state index in [0.717, 1.165) is 13.1 Å². The fourth-order valence-electron chi connectivity index (χ4n) is 3.05. The third-order valence-corrected chi connectivity index (χ3v) is 5.64. The molecule has 3 heteroatoms. The summed E-state index contributed by atoms with van der Waals surface area (Å²) in [5.74, 6) is 1.20. The van der Waals surface area contributed by atoms with Crippen molar-refractivity contribution in [2.24, 2.45) is 5.73 Å². The Balaban J connectivity index is 2.23. The lowest BCUT2D eigenvalue weighted by Gasteiger charge is -2.35. The summed E-state index contributed by atoms with van der Waals surface area (Å²) in [6.45, 7) is 11.3. The molecule has 0 amide bonds. The molecule has 0 bridgehead atoms. The second-order valence-electron chi connectivity index (χ2n) is 6.55. The fourth-order valence-corrected chi connectivity index (χ4v) is 4.16. The van der Waals surface area contributed by atoms with E-state index in [0.29, 0.717) is 10.8 Å². The average molecular weight is 292 g/mol. The van der Waals surface area contributed by atoms with Gasteiger partial charge in [-0.25, -0.2) is 0 Å². The number of hydrogen-bond acceptors (Lipinski definition) is 3. The first kappa shape index (κ1) is 15.9. The summed E-state index contributed by atoms with van der Waals surface area (Å²) in [6, 6.07) is 9.17. The minimum Gasteiger partial charge on any atom is -0.326 e. The van der Waals surface area contributed by atoms with E-state index in [1.54, 1.807) is 0 Å². The zero-order valence-corrected chi connectivity index (χ0v) is 14.0. The number of benzene rings is 1. The maximum atomic E-state index is 6.34. The van der Waals surface area contributed by atoms with Crippen molar-refractivity contribution in [3.63, 3.8) is 0 Å². The summed E-state index contributed by atoms with van der Waals surface area (Å²) in [6.07, 6.45) is 1.23. The van der Waals surface area contributed by atoms with Gasteiger partial charge in [0, 0.05) is 35.7 Å². The summed E-state index contributed by atoms with van der Waals surface area (Å²) >= 11 is 2.09. The van der Waals surface area contributed by atoms with Crippen LogP contribution in [0.25, 0.3) is 0 Å². The van der Waals surface area contributed by atoms with Crippen LogP contribution in [0.4, 0.5) is 0 Å². The smallest absolute Gasteiger partial charge is 0.0499 e. The van der Waals surface area contributed by atoms with Gasteiger partial charge in [0.15, 0.2) is 0 Å². The van der Waals surface area contributed by atoms with Crippen LogP contribution in [0, 0.1) is 6.92 Å². The molecule has 1 saturated heterocycles. The van der Waals surface area contributed by atoms with Gasteiger partial charge < -0.3 is 5.73 Å². The molecule has 0 spiro atoms. The van der Waals surface area contributed by atoms with Crippen molar-refractivity contribution in [3.8, 4) is 0 Å². The highest BCUT2D eigenvalue weighted by atomic mass is 32.2. The van der Waals surface area contributed by atoms with E-state index in [1.807, 2.05) is 0 Å². The monoisotopic (exact) mass is 292 g/mol. The average Bonchev–Trinajstić information content (AvgIpc) is 2.53. The molecule has 1 aliphatic rings. The van der Waals surface area contributed by atoms with Crippen molar-refractivity contribution in [2.45, 2.75) is 50.9 Å². The van der Waals surface area contributed by atoms with Crippen LogP contribution in [-0.4, -0.2) is 34.5 Å². The quantitative estimate of drug-likeness (QED) is 0.923. The zero-order chi connectivity index (χ0) is 14.8. The molecule has 2 N–H and O–H groups in total. The summed E-state index contributed by atoms with van der Waals surface area (Å²) in [7, 11) is 0. The molecule has 2 atom stereocenters. The minimum atomic E-state index is 0.155. The van der Waals surface area contributed by atoms with Crippen LogP contribution in [0.2, 0.25) is 0 Å². The van der Waals surface area contributed by atoms with Gasteiger partial charge in [-0.1, -0.05) is 38.1 Å². The van der Waals surface area contributed by atoms with Gasteiger partial charge in [0.05, 0.1) is 0 Å². The normalized spacial score (nSPS) is 23.1. The molecular weight excluding hydrogens is 264 g/mol. The summed E-state index contributed by atoms with van der Waals surface area (Å²) in [5, 5.41) is 0. The predicted octanol–water partition coefficient (Wildman–Crippen LogP) is 3.60. The van der Waals surface area contributed by atoms with Crippen LogP contribution < -0.4 is 5.73 Å². The molecule has 2 unspecified atom stereocenters. The molecule has 1 aromatic carbocycles. The first-order chi connectivity index (χ1) is 9.41. The molecule has 2 nitrogen and oxygen atoms in total. The predicted molar refractivity (Wildman–Crippen MR) is 90.3 cm³/mol. The largest absolute Gasteiger partial charge is 0.326 e. The van der Waals surface area contributed by atoms with Gasteiger partial charge in [0.2, 0.25) is 0 Å². The molecule has 0 aliphatic carbocycles. The second-order valence-corrected chi connectivity index (χ2v) is 8.36. The maximum Gasteiger partial charge on any atom is 0.0499 e. The highest BCUT2D eigenvalue weighted by molar-refractivity contribution is 8.00. The number of hydrogen-bond donors (Lipinski definition) is 1. The minimum absolute atomic E-state index is 0.155. The van der Waals surface area contributed by atoms with Gasteiger partial charge in [0.25, 0.3) is 0 Å². The van der Waals surface area contributed by atoms with Crippen LogP contribution in [0.5, 0.6) is 0 Å². The van der Waals surface area contributed by atoms with E-state index in [2.05, 4.69) is 68.6 Å². The zero-order valence-electron chi connectivity index (χ0n) is 13.2. The molecule has 0 aromatic heterocycles. The Labute approximate surface area is 128 Å². The Morgan fingerprint density at radius 1 is 1.25 bits per heavy atom. The number of aryl methyl sites for hydroxylation is 1. The van der Waals surface area contributed by atoms with Gasteiger partial charge in [-0.15, -0.1) is 0 Å². The molecule has 0 radical (unpaired) electrons. The maximum absolute atomic E-state index is 6.34. The molecule has 1 aliphatic heterocycles. The van der Waals surface area contributed by atoms with Gasteiger partial charge in [-0.2, -0.15) is 11.8 Å². The van der Waals surface area contributed by atoms with Crippen LogP contribution in [0.3, 0.4) is 0 Å². The Bertz CT molecular complexity index is 442. The molecular formula is C17H28N2S. The lowest BCUT2D eigenvalue weighted by atomic mass is 9.94. The fraction of sp³-hybridized carbons (Fsp3) is 0.647. The first-order valence-corrected chi connectivity index (χ1v) is 8.58. The second kappa shape index (κ2) is 6.50. The molecule has 20 heavy (non-hydrogen) atoms. The molecule has 2 rings (SSSR count). The van der Waals surface area contributed by atoms with E-state index in [-0.39, 0.29) is 6.04 Å². The van der Waals surface area contributed by atoms with Gasteiger partial charge in [-0.05, 0) is 31.4 Å². The Hall–Kier alpha value is -0.510. The Kier molecular flexibility index (Phi) is 5.16. The Morgan fingerprint density at radius 2 is 1.95 bits per heavy atom. The van der Waals surface area contributed by atoms with Crippen molar-refractivity contribution in [1.29, 1.82) is 0 Å². The van der Waals surface area contributed by atoms with E-state index >= 15 is 0 Å². The van der Waals surface area contributed by atoms with Gasteiger partial charge >= 0.3 is 0 Å².